The van der Waals surface area contributed by atoms with Crippen molar-refractivity contribution < 1.29 is 0 Å². The van der Waals surface area contributed by atoms with Gasteiger partial charge in [0.1, 0.15) is 0 Å². The highest BCUT2D eigenvalue weighted by Crippen LogP contribution is 2.37. The van der Waals surface area contributed by atoms with Gasteiger partial charge in [-0.15, -0.1) is 11.3 Å². The molecule has 1 aliphatic carbocycles. The SMILES string of the molecule is Cc1ncc(C(N)CC2CC2)s1. The van der Waals surface area contributed by atoms with Gasteiger partial charge in [0.2, 0.25) is 0 Å². The number of nitrogens with two attached hydrogens (primary N) is 1. The lowest BCUT2D eigenvalue weighted by Crippen LogP contribution is -2.08. The van der Waals surface area contributed by atoms with E-state index < -0.39 is 0 Å². The van der Waals surface area contributed by atoms with Crippen molar-refractivity contribution in [3.8, 4) is 0 Å². The molecule has 66 valence electrons. The van der Waals surface area contributed by atoms with E-state index in [1.54, 1.807) is 11.3 Å². The molecule has 0 amide bonds. The Morgan fingerprint density at radius 3 is 3.00 bits per heavy atom. The number of aryl methyl sites for hydroxylation is 1. The highest BCUT2D eigenvalue weighted by atomic mass is 32.1. The van der Waals surface area contributed by atoms with Gasteiger partial charge in [0.25, 0.3) is 0 Å². The standard InChI is InChI=1S/C9H14N2S/c1-6-11-5-9(12-6)8(10)4-7-2-3-7/h5,7-8H,2-4,10H2,1H3. The van der Waals surface area contributed by atoms with Crippen molar-refractivity contribution in [3.05, 3.63) is 16.1 Å². The topological polar surface area (TPSA) is 38.9 Å². The Morgan fingerprint density at radius 1 is 1.75 bits per heavy atom. The number of thiazole rings is 1. The quantitative estimate of drug-likeness (QED) is 0.778. The van der Waals surface area contributed by atoms with Crippen LogP contribution < -0.4 is 5.73 Å². The Balaban J connectivity index is 1.97. The largest absolute Gasteiger partial charge is 0.323 e. The maximum absolute atomic E-state index is 6.02. The molecule has 0 saturated heterocycles. The van der Waals surface area contributed by atoms with E-state index in [9.17, 15) is 0 Å². The van der Waals surface area contributed by atoms with Crippen molar-refractivity contribution in [1.29, 1.82) is 0 Å². The summed E-state index contributed by atoms with van der Waals surface area (Å²) in [6.45, 7) is 2.03. The van der Waals surface area contributed by atoms with Crippen LogP contribution in [-0.2, 0) is 0 Å². The van der Waals surface area contributed by atoms with Gasteiger partial charge in [-0.25, -0.2) is 4.98 Å². The van der Waals surface area contributed by atoms with E-state index in [1.807, 2.05) is 13.1 Å². The molecule has 2 N–H and O–H groups in total. The molecule has 1 atom stereocenters. The second kappa shape index (κ2) is 3.15. The average molecular weight is 182 g/mol. The van der Waals surface area contributed by atoms with Gasteiger partial charge >= 0.3 is 0 Å². The lowest BCUT2D eigenvalue weighted by Gasteiger charge is -2.06. The average Bonchev–Trinajstić information content (AvgIpc) is 2.72. The van der Waals surface area contributed by atoms with Crippen molar-refractivity contribution in [2.24, 2.45) is 11.7 Å². The van der Waals surface area contributed by atoms with E-state index in [1.165, 1.54) is 17.7 Å². The fraction of sp³-hybridized carbons (Fsp3) is 0.667. The summed E-state index contributed by atoms with van der Waals surface area (Å²) in [6, 6.07) is 0.240. The van der Waals surface area contributed by atoms with Crippen LogP contribution in [0.1, 0.15) is 35.2 Å². The molecule has 1 saturated carbocycles. The van der Waals surface area contributed by atoms with E-state index in [2.05, 4.69) is 4.98 Å². The fourth-order valence-corrected chi connectivity index (χ4v) is 2.18. The van der Waals surface area contributed by atoms with Gasteiger partial charge in [-0.1, -0.05) is 12.8 Å². The highest BCUT2D eigenvalue weighted by Gasteiger charge is 2.25. The Morgan fingerprint density at radius 2 is 2.50 bits per heavy atom. The summed E-state index contributed by atoms with van der Waals surface area (Å²) in [6.07, 6.45) is 5.84. The van der Waals surface area contributed by atoms with E-state index in [0.717, 1.165) is 17.3 Å². The smallest absolute Gasteiger partial charge is 0.0897 e. The molecule has 2 rings (SSSR count). The molecular formula is C9H14N2S. The van der Waals surface area contributed by atoms with Crippen LogP contribution in [0.15, 0.2) is 6.20 Å². The van der Waals surface area contributed by atoms with Crippen LogP contribution in [0.2, 0.25) is 0 Å². The predicted octanol–water partition coefficient (Wildman–Crippen LogP) is 2.25. The van der Waals surface area contributed by atoms with Crippen LogP contribution >= 0.6 is 11.3 Å². The van der Waals surface area contributed by atoms with Gasteiger partial charge < -0.3 is 5.73 Å². The minimum absolute atomic E-state index is 0.240. The molecule has 3 heteroatoms. The first-order chi connectivity index (χ1) is 5.75. The molecule has 1 unspecified atom stereocenters. The summed E-state index contributed by atoms with van der Waals surface area (Å²) >= 11 is 1.73. The Hall–Kier alpha value is -0.410. The number of rotatable bonds is 3. The first-order valence-electron chi connectivity index (χ1n) is 4.43. The van der Waals surface area contributed by atoms with Crippen molar-refractivity contribution in [2.75, 3.05) is 0 Å². The van der Waals surface area contributed by atoms with Crippen LogP contribution in [0.5, 0.6) is 0 Å². The molecular weight excluding hydrogens is 168 g/mol. The second-order valence-electron chi connectivity index (χ2n) is 3.57. The van der Waals surface area contributed by atoms with E-state index in [4.69, 9.17) is 5.73 Å². The van der Waals surface area contributed by atoms with Gasteiger partial charge in [0.05, 0.1) is 5.01 Å². The van der Waals surface area contributed by atoms with Gasteiger partial charge in [-0.2, -0.15) is 0 Å². The molecule has 0 radical (unpaired) electrons. The summed E-state index contributed by atoms with van der Waals surface area (Å²) in [5, 5.41) is 1.12. The van der Waals surface area contributed by atoms with Crippen LogP contribution in [0, 0.1) is 12.8 Å². The Labute approximate surface area is 76.8 Å². The zero-order chi connectivity index (χ0) is 8.55. The summed E-state index contributed by atoms with van der Waals surface area (Å²) < 4.78 is 0. The molecule has 1 fully saturated rings. The first-order valence-corrected chi connectivity index (χ1v) is 5.25. The zero-order valence-electron chi connectivity index (χ0n) is 7.29. The van der Waals surface area contributed by atoms with E-state index >= 15 is 0 Å². The van der Waals surface area contributed by atoms with Crippen molar-refractivity contribution in [2.45, 2.75) is 32.2 Å². The van der Waals surface area contributed by atoms with Gasteiger partial charge in [0.15, 0.2) is 0 Å². The zero-order valence-corrected chi connectivity index (χ0v) is 8.10. The van der Waals surface area contributed by atoms with E-state index in [0.29, 0.717) is 0 Å². The normalized spacial score (nSPS) is 19.5. The second-order valence-corrected chi connectivity index (χ2v) is 4.83. The lowest BCUT2D eigenvalue weighted by atomic mass is 10.1. The van der Waals surface area contributed by atoms with Gasteiger partial charge in [0, 0.05) is 17.1 Å². The molecule has 0 aliphatic heterocycles. The van der Waals surface area contributed by atoms with E-state index in [-0.39, 0.29) is 6.04 Å². The molecule has 0 bridgehead atoms. The molecule has 12 heavy (non-hydrogen) atoms. The summed E-state index contributed by atoms with van der Waals surface area (Å²) in [7, 11) is 0. The maximum Gasteiger partial charge on any atom is 0.0897 e. The third-order valence-corrected chi connectivity index (χ3v) is 3.33. The summed E-state index contributed by atoms with van der Waals surface area (Å²) in [5.74, 6) is 0.905. The molecule has 1 aromatic rings. The molecule has 2 nitrogen and oxygen atoms in total. The number of nitrogens with zero attached hydrogens (tertiary/aromatic N) is 1. The van der Waals surface area contributed by atoms with Crippen LogP contribution in [-0.4, -0.2) is 4.98 Å². The lowest BCUT2D eigenvalue weighted by molar-refractivity contribution is 0.604. The number of hydrogen-bond donors (Lipinski definition) is 1. The predicted molar refractivity (Wildman–Crippen MR) is 51.1 cm³/mol. The van der Waals surface area contributed by atoms with Crippen LogP contribution in [0.3, 0.4) is 0 Å². The minimum Gasteiger partial charge on any atom is -0.323 e. The fourth-order valence-electron chi connectivity index (χ4n) is 1.38. The van der Waals surface area contributed by atoms with Crippen molar-refractivity contribution >= 4 is 11.3 Å². The maximum atomic E-state index is 6.02. The summed E-state index contributed by atoms with van der Waals surface area (Å²) in [4.78, 5) is 5.45. The minimum atomic E-state index is 0.240. The Bertz CT molecular complexity index is 265. The monoisotopic (exact) mass is 182 g/mol. The number of hydrogen-bond acceptors (Lipinski definition) is 3. The van der Waals surface area contributed by atoms with Gasteiger partial charge in [-0.3, -0.25) is 0 Å². The molecule has 1 heterocycles. The third-order valence-electron chi connectivity index (χ3n) is 2.29. The molecule has 1 aromatic heterocycles. The molecule has 1 aliphatic rings. The first kappa shape index (κ1) is 8.20. The van der Waals surface area contributed by atoms with Crippen LogP contribution in [0.25, 0.3) is 0 Å². The highest BCUT2D eigenvalue weighted by molar-refractivity contribution is 7.11. The van der Waals surface area contributed by atoms with Gasteiger partial charge in [-0.05, 0) is 19.3 Å². The molecule has 0 spiro atoms. The van der Waals surface area contributed by atoms with Crippen molar-refractivity contribution in [3.63, 3.8) is 0 Å². The van der Waals surface area contributed by atoms with Crippen LogP contribution in [0.4, 0.5) is 0 Å². The third kappa shape index (κ3) is 1.84. The number of aromatic nitrogens is 1. The summed E-state index contributed by atoms with van der Waals surface area (Å²) in [5.41, 5.74) is 6.02. The molecule has 0 aromatic carbocycles. The van der Waals surface area contributed by atoms with Crippen molar-refractivity contribution in [1.82, 2.24) is 4.98 Å². The Kier molecular flexibility index (Phi) is 2.15.